The number of anilines is 2. The van der Waals surface area contributed by atoms with Gasteiger partial charge in [-0.2, -0.15) is 0 Å². The average Bonchev–Trinajstić information content (AvgIpc) is 3.49. The molecule has 5 rings (SSSR count). The van der Waals surface area contributed by atoms with Crippen LogP contribution >= 0.6 is 11.3 Å². The fraction of sp³-hybridized carbons (Fsp3) is 0.241. The van der Waals surface area contributed by atoms with Gasteiger partial charge in [0.15, 0.2) is 0 Å². The Bertz CT molecular complexity index is 1610. The molecule has 0 fully saturated rings. The molecular weight excluding hydrogens is 532 g/mol. The summed E-state index contributed by atoms with van der Waals surface area (Å²) in [5.74, 6) is -1.57. The molecule has 2 heterocycles. The second kappa shape index (κ2) is 11.2. The number of hydrogen-bond acceptors (Lipinski definition) is 6. The van der Waals surface area contributed by atoms with E-state index in [1.165, 1.54) is 15.6 Å². The molecule has 3 aromatic carbocycles. The van der Waals surface area contributed by atoms with Crippen LogP contribution in [0.5, 0.6) is 0 Å². The van der Waals surface area contributed by atoms with Crippen molar-refractivity contribution in [3.05, 3.63) is 89.3 Å². The van der Waals surface area contributed by atoms with Crippen LogP contribution in [-0.4, -0.2) is 52.3 Å². The van der Waals surface area contributed by atoms with Crippen LogP contribution in [0.1, 0.15) is 23.6 Å². The summed E-state index contributed by atoms with van der Waals surface area (Å²) in [5.41, 5.74) is 2.82. The second-order valence-corrected chi connectivity index (χ2v) is 12.7. The number of sulfonamides is 1. The first-order chi connectivity index (χ1) is 18.8. The predicted octanol–water partition coefficient (Wildman–Crippen LogP) is 4.40. The highest BCUT2D eigenvalue weighted by Crippen LogP contribution is 2.35. The van der Waals surface area contributed by atoms with Crippen molar-refractivity contribution in [1.82, 2.24) is 10.2 Å². The molecule has 1 atom stereocenters. The third-order valence-corrected chi connectivity index (χ3v) is 10.1. The van der Waals surface area contributed by atoms with Crippen LogP contribution in [0.25, 0.3) is 10.8 Å². The van der Waals surface area contributed by atoms with Gasteiger partial charge < -0.3 is 15.5 Å². The van der Waals surface area contributed by atoms with Crippen molar-refractivity contribution in [3.8, 4) is 0 Å². The number of amides is 2. The van der Waals surface area contributed by atoms with Crippen LogP contribution in [0, 0.1) is 0 Å². The van der Waals surface area contributed by atoms with E-state index in [-0.39, 0.29) is 16.8 Å². The Morgan fingerprint density at radius 3 is 2.56 bits per heavy atom. The van der Waals surface area contributed by atoms with Crippen molar-refractivity contribution in [2.24, 2.45) is 0 Å². The number of benzene rings is 3. The molecule has 8 nitrogen and oxygen atoms in total. The molecule has 0 aliphatic carbocycles. The van der Waals surface area contributed by atoms with Gasteiger partial charge in [-0.25, -0.2) is 8.42 Å². The fourth-order valence-corrected chi connectivity index (χ4v) is 7.59. The van der Waals surface area contributed by atoms with Gasteiger partial charge in [0.1, 0.15) is 4.21 Å². The van der Waals surface area contributed by atoms with Crippen LogP contribution in [0.2, 0.25) is 0 Å². The summed E-state index contributed by atoms with van der Waals surface area (Å²) in [5, 5.41) is 9.33. The van der Waals surface area contributed by atoms with Crippen LogP contribution in [0.4, 0.5) is 11.4 Å². The molecule has 0 radical (unpaired) electrons. The summed E-state index contributed by atoms with van der Waals surface area (Å²) in [4.78, 5) is 27.6. The van der Waals surface area contributed by atoms with E-state index in [4.69, 9.17) is 0 Å². The van der Waals surface area contributed by atoms with Crippen molar-refractivity contribution in [1.29, 1.82) is 0 Å². The minimum absolute atomic E-state index is 0.146. The molecule has 202 valence electrons. The SMILES string of the molecule is CN(C)C(CNC(=O)C(=O)Nc1ccc2c(c1)N(S(=O)(=O)c1cccs1)CCC2)c1cccc2ccccc12. The molecule has 2 amide bonds. The lowest BCUT2D eigenvalue weighted by Gasteiger charge is -2.30. The summed E-state index contributed by atoms with van der Waals surface area (Å²) >= 11 is 1.17. The highest BCUT2D eigenvalue weighted by Gasteiger charge is 2.30. The van der Waals surface area contributed by atoms with E-state index in [9.17, 15) is 18.0 Å². The van der Waals surface area contributed by atoms with E-state index in [1.54, 1.807) is 29.6 Å². The summed E-state index contributed by atoms with van der Waals surface area (Å²) in [7, 11) is 0.158. The smallest absolute Gasteiger partial charge is 0.313 e. The topological polar surface area (TPSA) is 98.8 Å². The second-order valence-electron chi connectivity index (χ2n) is 9.67. The number of nitrogens with one attached hydrogen (secondary N) is 2. The predicted molar refractivity (Wildman–Crippen MR) is 156 cm³/mol. The minimum atomic E-state index is -3.71. The largest absolute Gasteiger partial charge is 0.346 e. The molecule has 1 unspecified atom stereocenters. The van der Waals surface area contributed by atoms with Crippen LogP contribution in [0.15, 0.2) is 82.4 Å². The van der Waals surface area contributed by atoms with E-state index >= 15 is 0 Å². The third kappa shape index (κ3) is 5.54. The highest BCUT2D eigenvalue weighted by molar-refractivity contribution is 7.94. The van der Waals surface area contributed by atoms with Crippen molar-refractivity contribution in [3.63, 3.8) is 0 Å². The van der Waals surface area contributed by atoms with E-state index in [0.29, 0.717) is 24.3 Å². The molecule has 1 aliphatic rings. The van der Waals surface area contributed by atoms with Crippen molar-refractivity contribution >= 4 is 55.3 Å². The first-order valence-corrected chi connectivity index (χ1v) is 15.0. The monoisotopic (exact) mass is 562 g/mol. The van der Waals surface area contributed by atoms with E-state index in [2.05, 4.69) is 10.6 Å². The van der Waals surface area contributed by atoms with Gasteiger partial charge in [0, 0.05) is 18.8 Å². The number of rotatable bonds is 7. The number of carbonyl (C=O) groups is 2. The van der Waals surface area contributed by atoms with Gasteiger partial charge in [-0.1, -0.05) is 54.6 Å². The summed E-state index contributed by atoms with van der Waals surface area (Å²) in [6, 6.07) is 22.4. The standard InChI is InChI=1S/C29H30N4O4S2/c1-32(2)26(24-12-5-9-20-8-3-4-11-23(20)24)19-30-28(34)29(35)31-22-15-14-21-10-6-16-33(25(21)18-22)39(36,37)27-13-7-17-38-27/h3-5,7-9,11-15,17-18,26H,6,10,16,19H2,1-2H3,(H,30,34)(H,31,35). The summed E-state index contributed by atoms with van der Waals surface area (Å²) in [6.07, 6.45) is 1.44. The molecular formula is C29H30N4O4S2. The number of thiophene rings is 1. The molecule has 0 bridgehead atoms. The first-order valence-electron chi connectivity index (χ1n) is 12.7. The maximum Gasteiger partial charge on any atom is 0.313 e. The van der Waals surface area contributed by atoms with Crippen LogP contribution < -0.4 is 14.9 Å². The lowest BCUT2D eigenvalue weighted by Crippen LogP contribution is -2.40. The zero-order valence-electron chi connectivity index (χ0n) is 21.8. The number of nitrogens with zero attached hydrogens (tertiary/aromatic N) is 2. The number of fused-ring (bicyclic) bond motifs is 2. The van der Waals surface area contributed by atoms with E-state index in [0.717, 1.165) is 28.3 Å². The number of hydrogen-bond donors (Lipinski definition) is 2. The molecule has 1 aliphatic heterocycles. The van der Waals surface area contributed by atoms with Gasteiger partial charge in [0.25, 0.3) is 10.0 Å². The Balaban J connectivity index is 1.30. The third-order valence-electron chi connectivity index (χ3n) is 6.93. The molecule has 4 aromatic rings. The molecule has 2 N–H and O–H groups in total. The zero-order chi connectivity index (χ0) is 27.6. The van der Waals surface area contributed by atoms with Crippen molar-refractivity contribution in [2.45, 2.75) is 23.1 Å². The van der Waals surface area contributed by atoms with Gasteiger partial charge in [-0.15, -0.1) is 11.3 Å². The average molecular weight is 563 g/mol. The van der Waals surface area contributed by atoms with Gasteiger partial charge in [-0.05, 0) is 72.4 Å². The van der Waals surface area contributed by atoms with Crippen LogP contribution in [-0.2, 0) is 26.0 Å². The normalized spacial score (nSPS) is 14.2. The van der Waals surface area contributed by atoms with Gasteiger partial charge in [0.2, 0.25) is 0 Å². The zero-order valence-corrected chi connectivity index (χ0v) is 23.4. The lowest BCUT2D eigenvalue weighted by molar-refractivity contribution is -0.136. The Hall–Kier alpha value is -3.73. The van der Waals surface area contributed by atoms with Crippen molar-refractivity contribution < 1.29 is 18.0 Å². The van der Waals surface area contributed by atoms with Crippen LogP contribution in [0.3, 0.4) is 0 Å². The molecule has 10 heteroatoms. The van der Waals surface area contributed by atoms with Gasteiger partial charge in [-0.3, -0.25) is 13.9 Å². The van der Waals surface area contributed by atoms with E-state index in [1.807, 2.05) is 67.5 Å². The maximum absolute atomic E-state index is 13.2. The van der Waals surface area contributed by atoms with Crippen molar-refractivity contribution in [2.75, 3.05) is 36.8 Å². The molecule has 0 saturated heterocycles. The summed E-state index contributed by atoms with van der Waals surface area (Å²) in [6.45, 7) is 0.593. The highest BCUT2D eigenvalue weighted by atomic mass is 32.2. The maximum atomic E-state index is 13.2. The first kappa shape index (κ1) is 26.9. The van der Waals surface area contributed by atoms with Gasteiger partial charge >= 0.3 is 11.8 Å². The molecule has 0 saturated carbocycles. The Labute approximate surface area is 232 Å². The summed E-state index contributed by atoms with van der Waals surface area (Å²) < 4.78 is 28.1. The lowest BCUT2D eigenvalue weighted by atomic mass is 9.98. The Morgan fingerprint density at radius 2 is 1.79 bits per heavy atom. The number of likely N-dealkylation sites (N-methyl/N-ethyl adjacent to an activating group) is 1. The minimum Gasteiger partial charge on any atom is -0.346 e. The molecule has 39 heavy (non-hydrogen) atoms. The quantitative estimate of drug-likeness (QED) is 0.326. The number of carbonyl (C=O) groups excluding carboxylic acids is 2. The Morgan fingerprint density at radius 1 is 1.00 bits per heavy atom. The fourth-order valence-electron chi connectivity index (χ4n) is 4.96. The molecule has 0 spiro atoms. The number of aryl methyl sites for hydroxylation is 1. The Kier molecular flexibility index (Phi) is 7.69. The van der Waals surface area contributed by atoms with E-state index < -0.39 is 21.8 Å². The molecule has 1 aromatic heterocycles. The van der Waals surface area contributed by atoms with Gasteiger partial charge in [0.05, 0.1) is 11.7 Å².